The molecule has 0 aliphatic heterocycles. The monoisotopic (exact) mass is 262 g/mol. The van der Waals surface area contributed by atoms with Crippen LogP contribution in [0, 0.1) is 12.8 Å². The average molecular weight is 262 g/mol. The van der Waals surface area contributed by atoms with Gasteiger partial charge in [-0.3, -0.25) is 4.79 Å². The van der Waals surface area contributed by atoms with Crippen molar-refractivity contribution in [2.45, 2.75) is 26.2 Å². The lowest BCUT2D eigenvalue weighted by Gasteiger charge is -2.23. The maximum Gasteiger partial charge on any atom is 0.309 e. The smallest absolute Gasteiger partial charge is 0.309 e. The number of ether oxygens (including phenoxy) is 2. The van der Waals surface area contributed by atoms with Gasteiger partial charge in [0.2, 0.25) is 0 Å². The second kappa shape index (κ2) is 6.98. The van der Waals surface area contributed by atoms with Crippen molar-refractivity contribution >= 4 is 5.97 Å². The SMILES string of the molecule is C=CC(c1cc(C)ccc1OC)C(CC)C(=O)OC. The highest BCUT2D eigenvalue weighted by atomic mass is 16.5. The van der Waals surface area contributed by atoms with E-state index < -0.39 is 0 Å². The van der Waals surface area contributed by atoms with Crippen molar-refractivity contribution < 1.29 is 14.3 Å². The third-order valence-electron chi connectivity index (χ3n) is 3.38. The predicted molar refractivity (Wildman–Crippen MR) is 76.5 cm³/mol. The van der Waals surface area contributed by atoms with E-state index >= 15 is 0 Å². The summed E-state index contributed by atoms with van der Waals surface area (Å²) in [5, 5.41) is 0. The normalized spacial score (nSPS) is 13.5. The second-order valence-electron chi connectivity index (χ2n) is 4.54. The van der Waals surface area contributed by atoms with E-state index in [2.05, 4.69) is 6.58 Å². The molecule has 3 heteroatoms. The van der Waals surface area contributed by atoms with Gasteiger partial charge >= 0.3 is 5.97 Å². The van der Waals surface area contributed by atoms with E-state index in [0.29, 0.717) is 6.42 Å². The Kier molecular flexibility index (Phi) is 5.61. The molecular weight excluding hydrogens is 240 g/mol. The highest BCUT2D eigenvalue weighted by molar-refractivity contribution is 5.74. The molecule has 0 amide bonds. The Hall–Kier alpha value is -1.77. The Balaban J connectivity index is 3.25. The number of hydrogen-bond acceptors (Lipinski definition) is 3. The van der Waals surface area contributed by atoms with E-state index in [1.54, 1.807) is 13.2 Å². The van der Waals surface area contributed by atoms with Gasteiger partial charge in [-0.05, 0) is 19.4 Å². The molecule has 2 unspecified atom stereocenters. The van der Waals surface area contributed by atoms with Crippen molar-refractivity contribution in [3.05, 3.63) is 42.0 Å². The lowest BCUT2D eigenvalue weighted by atomic mass is 9.83. The molecule has 0 aliphatic carbocycles. The summed E-state index contributed by atoms with van der Waals surface area (Å²) < 4.78 is 10.3. The Morgan fingerprint density at radius 3 is 2.58 bits per heavy atom. The summed E-state index contributed by atoms with van der Waals surface area (Å²) in [5.74, 6) is 0.222. The Morgan fingerprint density at radius 2 is 2.11 bits per heavy atom. The molecule has 1 rings (SSSR count). The van der Waals surface area contributed by atoms with E-state index in [4.69, 9.17) is 9.47 Å². The fourth-order valence-corrected chi connectivity index (χ4v) is 2.34. The molecule has 0 aromatic heterocycles. The van der Waals surface area contributed by atoms with Crippen molar-refractivity contribution in [1.82, 2.24) is 0 Å². The van der Waals surface area contributed by atoms with E-state index in [1.165, 1.54) is 7.11 Å². The number of carbonyl (C=O) groups is 1. The first-order chi connectivity index (χ1) is 9.08. The topological polar surface area (TPSA) is 35.5 Å². The summed E-state index contributed by atoms with van der Waals surface area (Å²) in [5.41, 5.74) is 2.11. The number of rotatable bonds is 6. The lowest BCUT2D eigenvalue weighted by Crippen LogP contribution is -2.22. The molecule has 0 heterocycles. The average Bonchev–Trinajstić information content (AvgIpc) is 2.43. The fourth-order valence-electron chi connectivity index (χ4n) is 2.34. The number of carbonyl (C=O) groups excluding carboxylic acids is 1. The zero-order chi connectivity index (χ0) is 14.4. The number of methoxy groups -OCH3 is 2. The van der Waals surface area contributed by atoms with Gasteiger partial charge in [-0.1, -0.05) is 30.7 Å². The minimum absolute atomic E-state index is 0.104. The molecule has 0 fully saturated rings. The van der Waals surface area contributed by atoms with Gasteiger partial charge in [0.1, 0.15) is 5.75 Å². The maximum atomic E-state index is 11.9. The molecule has 0 aliphatic rings. The fraction of sp³-hybridized carbons (Fsp3) is 0.438. The molecule has 0 spiro atoms. The molecule has 0 saturated heterocycles. The Bertz CT molecular complexity index is 451. The summed E-state index contributed by atoms with van der Waals surface area (Å²) in [6.07, 6.45) is 2.49. The number of esters is 1. The molecule has 104 valence electrons. The Labute approximate surface area is 115 Å². The van der Waals surface area contributed by atoms with Crippen LogP contribution >= 0.6 is 0 Å². The van der Waals surface area contributed by atoms with Gasteiger partial charge in [0.15, 0.2) is 0 Å². The molecule has 19 heavy (non-hydrogen) atoms. The van der Waals surface area contributed by atoms with Crippen LogP contribution in [0.3, 0.4) is 0 Å². The van der Waals surface area contributed by atoms with Crippen LogP contribution in [0.4, 0.5) is 0 Å². The zero-order valence-electron chi connectivity index (χ0n) is 12.1. The summed E-state index contributed by atoms with van der Waals surface area (Å²) in [6, 6.07) is 5.95. The predicted octanol–water partition coefficient (Wildman–Crippen LogP) is 3.47. The quantitative estimate of drug-likeness (QED) is 0.581. The van der Waals surface area contributed by atoms with Gasteiger partial charge in [0.25, 0.3) is 0 Å². The van der Waals surface area contributed by atoms with E-state index in [9.17, 15) is 4.79 Å². The largest absolute Gasteiger partial charge is 0.496 e. The van der Waals surface area contributed by atoms with Crippen molar-refractivity contribution in [1.29, 1.82) is 0 Å². The summed E-state index contributed by atoms with van der Waals surface area (Å²) in [6.45, 7) is 7.85. The first kappa shape index (κ1) is 15.3. The molecule has 0 radical (unpaired) electrons. The highest BCUT2D eigenvalue weighted by Crippen LogP contribution is 2.35. The lowest BCUT2D eigenvalue weighted by molar-refractivity contribution is -0.146. The molecular formula is C16H22O3. The van der Waals surface area contributed by atoms with Crippen molar-refractivity contribution in [3.8, 4) is 5.75 Å². The Morgan fingerprint density at radius 1 is 1.42 bits per heavy atom. The molecule has 0 bridgehead atoms. The van der Waals surface area contributed by atoms with E-state index in [1.807, 2.05) is 32.0 Å². The molecule has 1 aromatic carbocycles. The van der Waals surface area contributed by atoms with E-state index in [0.717, 1.165) is 16.9 Å². The second-order valence-corrected chi connectivity index (χ2v) is 4.54. The molecule has 3 nitrogen and oxygen atoms in total. The van der Waals surface area contributed by atoms with Gasteiger partial charge in [0.05, 0.1) is 20.1 Å². The van der Waals surface area contributed by atoms with Crippen LogP contribution in [0.5, 0.6) is 5.75 Å². The van der Waals surface area contributed by atoms with Crippen LogP contribution in [0.2, 0.25) is 0 Å². The molecule has 1 aromatic rings. The van der Waals surface area contributed by atoms with Crippen LogP contribution in [0.1, 0.15) is 30.4 Å². The summed E-state index contributed by atoms with van der Waals surface area (Å²) in [4.78, 5) is 11.9. The first-order valence-corrected chi connectivity index (χ1v) is 6.43. The number of hydrogen-bond donors (Lipinski definition) is 0. The molecule has 0 N–H and O–H groups in total. The standard InChI is InChI=1S/C16H22O3/c1-6-12(13(7-2)16(17)19-5)14-10-11(3)8-9-15(14)18-4/h6,8-10,12-13H,1,7H2,2-5H3. The number of aryl methyl sites for hydroxylation is 1. The van der Waals surface area contributed by atoms with Crippen LogP contribution < -0.4 is 4.74 Å². The van der Waals surface area contributed by atoms with Gasteiger partial charge in [-0.2, -0.15) is 0 Å². The van der Waals surface area contributed by atoms with Crippen LogP contribution in [0.15, 0.2) is 30.9 Å². The molecule has 2 atom stereocenters. The first-order valence-electron chi connectivity index (χ1n) is 6.43. The number of benzene rings is 1. The minimum atomic E-state index is -0.238. The van der Waals surface area contributed by atoms with E-state index in [-0.39, 0.29) is 17.8 Å². The third kappa shape index (κ3) is 3.37. The van der Waals surface area contributed by atoms with Crippen molar-refractivity contribution in [2.75, 3.05) is 14.2 Å². The minimum Gasteiger partial charge on any atom is -0.496 e. The number of allylic oxidation sites excluding steroid dienone is 1. The van der Waals surface area contributed by atoms with Crippen LogP contribution in [-0.2, 0) is 9.53 Å². The highest BCUT2D eigenvalue weighted by Gasteiger charge is 2.28. The van der Waals surface area contributed by atoms with Gasteiger partial charge < -0.3 is 9.47 Å². The van der Waals surface area contributed by atoms with Gasteiger partial charge in [-0.25, -0.2) is 0 Å². The van der Waals surface area contributed by atoms with Gasteiger partial charge in [0, 0.05) is 11.5 Å². The zero-order valence-corrected chi connectivity index (χ0v) is 12.1. The molecule has 0 saturated carbocycles. The summed E-state index contributed by atoms with van der Waals surface area (Å²) in [7, 11) is 3.05. The third-order valence-corrected chi connectivity index (χ3v) is 3.38. The summed E-state index contributed by atoms with van der Waals surface area (Å²) >= 11 is 0. The van der Waals surface area contributed by atoms with Crippen molar-refractivity contribution in [3.63, 3.8) is 0 Å². The van der Waals surface area contributed by atoms with Crippen LogP contribution in [-0.4, -0.2) is 20.2 Å². The maximum absolute atomic E-state index is 11.9. The van der Waals surface area contributed by atoms with Crippen molar-refractivity contribution in [2.24, 2.45) is 5.92 Å². The van der Waals surface area contributed by atoms with Gasteiger partial charge in [-0.15, -0.1) is 6.58 Å². The van der Waals surface area contributed by atoms with Crippen LogP contribution in [0.25, 0.3) is 0 Å².